The van der Waals surface area contributed by atoms with E-state index in [0.29, 0.717) is 29.3 Å². The Bertz CT molecular complexity index is 917. The van der Waals surface area contributed by atoms with E-state index in [1.807, 2.05) is 24.3 Å². The van der Waals surface area contributed by atoms with Gasteiger partial charge in [0.2, 0.25) is 5.95 Å². The lowest BCUT2D eigenvalue weighted by molar-refractivity contribution is 0.102. The van der Waals surface area contributed by atoms with Crippen LogP contribution in [-0.4, -0.2) is 22.4 Å². The summed E-state index contributed by atoms with van der Waals surface area (Å²) in [4.78, 5) is 20.6. The fourth-order valence-electron chi connectivity index (χ4n) is 2.38. The van der Waals surface area contributed by atoms with Gasteiger partial charge in [-0.15, -0.1) is 0 Å². The number of nitrogens with zero attached hydrogens (tertiary/aromatic N) is 3. The van der Waals surface area contributed by atoms with Crippen LogP contribution in [0.1, 0.15) is 21.5 Å². The molecule has 6 nitrogen and oxygen atoms in total. The second-order valence-corrected chi connectivity index (χ2v) is 5.57. The third-order valence-electron chi connectivity index (χ3n) is 3.75. The normalized spacial score (nSPS) is 9.96. The van der Waals surface area contributed by atoms with Crippen molar-refractivity contribution in [1.82, 2.24) is 9.97 Å². The van der Waals surface area contributed by atoms with Crippen LogP contribution >= 0.6 is 0 Å². The molecule has 0 fully saturated rings. The summed E-state index contributed by atoms with van der Waals surface area (Å²) in [6.07, 6.45) is 3.78. The maximum absolute atomic E-state index is 12.3. The molecular weight excluding hydrogens is 326 g/mol. The van der Waals surface area contributed by atoms with E-state index in [0.717, 1.165) is 6.42 Å². The molecule has 26 heavy (non-hydrogen) atoms. The maximum atomic E-state index is 12.3. The van der Waals surface area contributed by atoms with Gasteiger partial charge in [-0.3, -0.25) is 4.79 Å². The molecule has 0 bridgehead atoms. The Balaban J connectivity index is 1.57. The molecule has 128 valence electrons. The van der Waals surface area contributed by atoms with Crippen molar-refractivity contribution >= 4 is 17.5 Å². The Labute approximate surface area is 151 Å². The molecule has 0 unspecified atom stereocenters. The van der Waals surface area contributed by atoms with Gasteiger partial charge in [0.25, 0.3) is 5.91 Å². The molecule has 0 aliphatic carbocycles. The monoisotopic (exact) mass is 343 g/mol. The second-order valence-electron chi connectivity index (χ2n) is 5.57. The SMILES string of the molecule is N#Cc1ccccc1NC(=O)c1cnc(NCCc2ccccc2)nc1. The minimum absolute atomic E-state index is 0.325. The number of amides is 1. The van der Waals surface area contributed by atoms with Gasteiger partial charge in [-0.25, -0.2) is 9.97 Å². The molecule has 1 amide bonds. The number of hydrogen-bond acceptors (Lipinski definition) is 5. The fraction of sp³-hybridized carbons (Fsp3) is 0.100. The Morgan fingerprint density at radius 1 is 1.00 bits per heavy atom. The lowest BCUT2D eigenvalue weighted by Gasteiger charge is -2.08. The van der Waals surface area contributed by atoms with Crippen LogP contribution in [0.15, 0.2) is 67.0 Å². The molecule has 3 rings (SSSR count). The lowest BCUT2D eigenvalue weighted by Crippen LogP contribution is -2.14. The van der Waals surface area contributed by atoms with Gasteiger partial charge >= 0.3 is 0 Å². The van der Waals surface area contributed by atoms with Crippen LogP contribution in [0, 0.1) is 11.3 Å². The van der Waals surface area contributed by atoms with Gasteiger partial charge in [-0.2, -0.15) is 5.26 Å². The number of aromatic nitrogens is 2. The number of nitrogens with one attached hydrogen (secondary N) is 2. The van der Waals surface area contributed by atoms with E-state index in [1.54, 1.807) is 24.3 Å². The first-order valence-electron chi connectivity index (χ1n) is 8.16. The molecule has 3 aromatic rings. The van der Waals surface area contributed by atoms with Gasteiger partial charge in [0.05, 0.1) is 16.8 Å². The summed E-state index contributed by atoms with van der Waals surface area (Å²) >= 11 is 0. The number of hydrogen-bond donors (Lipinski definition) is 2. The summed E-state index contributed by atoms with van der Waals surface area (Å²) < 4.78 is 0. The first-order valence-corrected chi connectivity index (χ1v) is 8.16. The zero-order chi connectivity index (χ0) is 18.2. The summed E-state index contributed by atoms with van der Waals surface area (Å²) in [5.41, 5.74) is 2.42. The van der Waals surface area contributed by atoms with Crippen LogP contribution in [0.25, 0.3) is 0 Å². The van der Waals surface area contributed by atoms with Crippen LogP contribution in [0.4, 0.5) is 11.6 Å². The molecule has 2 aromatic carbocycles. The predicted octanol–water partition coefficient (Wildman–Crippen LogP) is 3.26. The molecular formula is C20H17N5O. The number of para-hydroxylation sites is 1. The minimum atomic E-state index is -0.358. The molecule has 1 heterocycles. The van der Waals surface area contributed by atoms with Gasteiger partial charge in [0.1, 0.15) is 6.07 Å². The van der Waals surface area contributed by atoms with Crippen molar-refractivity contribution in [3.05, 3.63) is 83.7 Å². The van der Waals surface area contributed by atoms with E-state index in [-0.39, 0.29) is 5.91 Å². The third kappa shape index (κ3) is 4.42. The Morgan fingerprint density at radius 2 is 1.69 bits per heavy atom. The highest BCUT2D eigenvalue weighted by Gasteiger charge is 2.10. The molecule has 0 saturated carbocycles. The topological polar surface area (TPSA) is 90.7 Å². The molecule has 0 atom stereocenters. The van der Waals surface area contributed by atoms with Crippen LogP contribution in [0.3, 0.4) is 0 Å². The van der Waals surface area contributed by atoms with E-state index >= 15 is 0 Å². The smallest absolute Gasteiger partial charge is 0.258 e. The van der Waals surface area contributed by atoms with E-state index < -0.39 is 0 Å². The molecule has 0 saturated heterocycles. The summed E-state index contributed by atoms with van der Waals surface area (Å²) in [6, 6.07) is 19.0. The summed E-state index contributed by atoms with van der Waals surface area (Å²) in [7, 11) is 0. The molecule has 1 aromatic heterocycles. The number of carbonyl (C=O) groups is 1. The Kier molecular flexibility index (Phi) is 5.53. The van der Waals surface area contributed by atoms with Gasteiger partial charge in [-0.05, 0) is 24.1 Å². The summed E-state index contributed by atoms with van der Waals surface area (Å²) in [6.45, 7) is 0.700. The van der Waals surface area contributed by atoms with Gasteiger partial charge in [-0.1, -0.05) is 42.5 Å². The molecule has 6 heteroatoms. The van der Waals surface area contributed by atoms with E-state index in [9.17, 15) is 4.79 Å². The van der Waals surface area contributed by atoms with Gasteiger partial charge < -0.3 is 10.6 Å². The zero-order valence-electron chi connectivity index (χ0n) is 14.0. The molecule has 0 aliphatic rings. The Hall–Kier alpha value is -3.72. The number of benzene rings is 2. The molecule has 0 radical (unpaired) electrons. The Morgan fingerprint density at radius 3 is 2.42 bits per heavy atom. The average Bonchev–Trinajstić information content (AvgIpc) is 2.70. The molecule has 2 N–H and O–H groups in total. The van der Waals surface area contributed by atoms with Crippen molar-refractivity contribution in [2.45, 2.75) is 6.42 Å². The third-order valence-corrected chi connectivity index (χ3v) is 3.75. The highest BCUT2D eigenvalue weighted by atomic mass is 16.1. The van der Waals surface area contributed by atoms with Crippen molar-refractivity contribution in [2.24, 2.45) is 0 Å². The average molecular weight is 343 g/mol. The van der Waals surface area contributed by atoms with Crippen molar-refractivity contribution in [3.8, 4) is 6.07 Å². The van der Waals surface area contributed by atoms with Crippen molar-refractivity contribution in [3.63, 3.8) is 0 Å². The summed E-state index contributed by atoms with van der Waals surface area (Å²) in [5.74, 6) is 0.110. The van der Waals surface area contributed by atoms with Crippen LogP contribution in [0.2, 0.25) is 0 Å². The first-order chi connectivity index (χ1) is 12.8. The quantitative estimate of drug-likeness (QED) is 0.717. The summed E-state index contributed by atoms with van der Waals surface area (Å²) in [5, 5.41) is 14.9. The highest BCUT2D eigenvalue weighted by Crippen LogP contribution is 2.14. The van der Waals surface area contributed by atoms with Crippen LogP contribution in [0.5, 0.6) is 0 Å². The molecule has 0 spiro atoms. The largest absolute Gasteiger partial charge is 0.354 e. The second kappa shape index (κ2) is 8.40. The zero-order valence-corrected chi connectivity index (χ0v) is 14.0. The first kappa shape index (κ1) is 17.1. The van der Waals surface area contributed by atoms with Gasteiger partial charge in [0.15, 0.2) is 0 Å². The fourth-order valence-corrected chi connectivity index (χ4v) is 2.38. The van der Waals surface area contributed by atoms with Crippen LogP contribution in [-0.2, 0) is 6.42 Å². The van der Waals surface area contributed by atoms with Crippen LogP contribution < -0.4 is 10.6 Å². The maximum Gasteiger partial charge on any atom is 0.258 e. The van der Waals surface area contributed by atoms with Crippen molar-refractivity contribution in [2.75, 3.05) is 17.2 Å². The molecule has 0 aliphatic heterocycles. The number of anilines is 2. The number of nitriles is 1. The van der Waals surface area contributed by atoms with Crippen molar-refractivity contribution < 1.29 is 4.79 Å². The lowest BCUT2D eigenvalue weighted by atomic mass is 10.1. The number of carbonyl (C=O) groups excluding carboxylic acids is 1. The standard InChI is InChI=1S/C20H17N5O/c21-12-16-8-4-5-9-18(16)25-19(26)17-13-23-20(24-14-17)22-11-10-15-6-2-1-3-7-15/h1-9,13-14H,10-11H2,(H,25,26)(H,22,23,24). The van der Waals surface area contributed by atoms with E-state index in [2.05, 4.69) is 32.7 Å². The minimum Gasteiger partial charge on any atom is -0.354 e. The van der Waals surface area contributed by atoms with E-state index in [4.69, 9.17) is 5.26 Å². The van der Waals surface area contributed by atoms with Crippen molar-refractivity contribution in [1.29, 1.82) is 5.26 Å². The van der Waals surface area contributed by atoms with E-state index in [1.165, 1.54) is 18.0 Å². The number of rotatable bonds is 6. The highest BCUT2D eigenvalue weighted by molar-refractivity contribution is 6.04. The predicted molar refractivity (Wildman–Crippen MR) is 99.8 cm³/mol. The van der Waals surface area contributed by atoms with Gasteiger partial charge in [0, 0.05) is 18.9 Å².